The third kappa shape index (κ3) is 2.94. The number of fused-ring (bicyclic) bond motifs is 3. The molecule has 1 aromatic rings. The maximum Gasteiger partial charge on any atom is 0.350 e. The molecule has 3 heterocycles. The van der Waals surface area contributed by atoms with Crippen LogP contribution in [0.25, 0.3) is 0 Å². The van der Waals surface area contributed by atoms with Crippen LogP contribution in [0, 0.1) is 5.41 Å². The zero-order valence-electron chi connectivity index (χ0n) is 16.5. The fraction of sp³-hybridized carbons (Fsp3) is 0.789. The van der Waals surface area contributed by atoms with Gasteiger partial charge in [0.05, 0.1) is 0 Å². The van der Waals surface area contributed by atoms with Gasteiger partial charge >= 0.3 is 5.69 Å². The highest BCUT2D eigenvalue weighted by Gasteiger charge is 2.53. The minimum atomic E-state index is -1.69. The number of rotatable bonds is 2. The van der Waals surface area contributed by atoms with Crippen LogP contribution >= 0.6 is 11.6 Å². The summed E-state index contributed by atoms with van der Waals surface area (Å²) in [6, 6.07) is 2.23. The van der Waals surface area contributed by atoms with E-state index in [-0.39, 0.29) is 10.7 Å². The van der Waals surface area contributed by atoms with Gasteiger partial charge in [-0.25, -0.2) is 4.79 Å². The number of hydrogen-bond donors (Lipinski definition) is 0. The molecular formula is C19H30ClN3O2Si. The van der Waals surface area contributed by atoms with Crippen molar-refractivity contribution in [1.29, 1.82) is 0 Å². The molecule has 1 saturated heterocycles. The summed E-state index contributed by atoms with van der Waals surface area (Å²) >= 11 is 6.01. The van der Waals surface area contributed by atoms with Gasteiger partial charge in [0.25, 0.3) is 0 Å². The van der Waals surface area contributed by atoms with Crippen molar-refractivity contribution >= 4 is 25.7 Å². The molecule has 1 saturated carbocycles. The first-order chi connectivity index (χ1) is 12.0. The zero-order valence-corrected chi connectivity index (χ0v) is 18.3. The van der Waals surface area contributed by atoms with Crippen LogP contribution in [-0.2, 0) is 11.0 Å². The molecule has 1 unspecified atom stereocenters. The van der Waals surface area contributed by atoms with Gasteiger partial charge in [0, 0.05) is 31.3 Å². The topological polar surface area (TPSA) is 47.4 Å². The third-order valence-electron chi connectivity index (χ3n) is 7.23. The van der Waals surface area contributed by atoms with Gasteiger partial charge in [-0.05, 0) is 49.2 Å². The van der Waals surface area contributed by atoms with Crippen molar-refractivity contribution in [3.05, 3.63) is 21.7 Å². The molecule has 1 spiro atoms. The van der Waals surface area contributed by atoms with Crippen molar-refractivity contribution < 1.29 is 4.43 Å². The summed E-state index contributed by atoms with van der Waals surface area (Å²) in [4.78, 5) is 18.4. The molecule has 1 aromatic heterocycles. The average Bonchev–Trinajstić information content (AvgIpc) is 2.82. The van der Waals surface area contributed by atoms with Gasteiger partial charge < -0.3 is 9.33 Å². The van der Waals surface area contributed by atoms with Gasteiger partial charge in [-0.15, -0.1) is 0 Å². The first-order valence-electron chi connectivity index (χ1n) is 9.72. The molecule has 0 amide bonds. The second-order valence-corrected chi connectivity index (χ2v) is 15.2. The summed E-state index contributed by atoms with van der Waals surface area (Å²) in [6.07, 6.45) is 5.09. The lowest BCUT2D eigenvalue weighted by Gasteiger charge is -2.55. The molecule has 2 aliphatic heterocycles. The Morgan fingerprint density at radius 2 is 2.00 bits per heavy atom. The molecule has 5 nitrogen and oxygen atoms in total. The second-order valence-electron chi connectivity index (χ2n) is 10.0. The molecule has 1 atom stereocenters. The van der Waals surface area contributed by atoms with Gasteiger partial charge in [0.2, 0.25) is 0 Å². The Labute approximate surface area is 161 Å². The summed E-state index contributed by atoms with van der Waals surface area (Å²) in [5, 5.41) is 0.563. The largest absolute Gasteiger partial charge is 0.414 e. The van der Waals surface area contributed by atoms with E-state index < -0.39 is 8.32 Å². The van der Waals surface area contributed by atoms with E-state index in [0.717, 1.165) is 25.3 Å². The van der Waals surface area contributed by atoms with E-state index >= 15 is 0 Å². The second kappa shape index (κ2) is 5.82. The van der Waals surface area contributed by atoms with E-state index in [1.165, 1.54) is 19.3 Å². The van der Waals surface area contributed by atoms with E-state index in [1.54, 1.807) is 4.57 Å². The lowest BCUT2D eigenvalue weighted by molar-refractivity contribution is -0.0456. The SMILES string of the molecule is CC(C)(C)[Si](C)(C)OC1CC2(CCN3c4cc(Cl)nc(=O)n4CC3C2)C1. The molecule has 26 heavy (non-hydrogen) atoms. The molecule has 1 aliphatic carbocycles. The highest BCUT2D eigenvalue weighted by Crippen LogP contribution is 2.55. The summed E-state index contributed by atoms with van der Waals surface area (Å²) in [6.45, 7) is 13.3. The first-order valence-corrected chi connectivity index (χ1v) is 13.0. The van der Waals surface area contributed by atoms with Crippen molar-refractivity contribution in [2.75, 3.05) is 11.4 Å². The fourth-order valence-electron chi connectivity index (χ4n) is 4.76. The Bertz CT molecular complexity index is 780. The zero-order chi connectivity index (χ0) is 18.9. The smallest absolute Gasteiger partial charge is 0.350 e. The Morgan fingerprint density at radius 1 is 1.31 bits per heavy atom. The van der Waals surface area contributed by atoms with Crippen LogP contribution in [0.1, 0.15) is 46.5 Å². The van der Waals surface area contributed by atoms with Gasteiger partial charge in [0.1, 0.15) is 11.0 Å². The van der Waals surface area contributed by atoms with Crippen molar-refractivity contribution in [2.45, 2.75) is 83.3 Å². The van der Waals surface area contributed by atoms with Gasteiger partial charge in [-0.3, -0.25) is 4.57 Å². The summed E-state index contributed by atoms with van der Waals surface area (Å²) < 4.78 is 8.41. The highest BCUT2D eigenvalue weighted by molar-refractivity contribution is 6.74. The molecular weight excluding hydrogens is 366 g/mol. The van der Waals surface area contributed by atoms with Crippen LogP contribution in [0.4, 0.5) is 5.82 Å². The van der Waals surface area contributed by atoms with Gasteiger partial charge in [0.15, 0.2) is 8.32 Å². The molecule has 0 aromatic carbocycles. The molecule has 0 bridgehead atoms. The number of halogens is 1. The summed E-state index contributed by atoms with van der Waals surface area (Å²) in [7, 11) is -1.69. The normalized spacial score (nSPS) is 30.9. The minimum Gasteiger partial charge on any atom is -0.414 e. The predicted octanol–water partition coefficient (Wildman–Crippen LogP) is 4.05. The van der Waals surface area contributed by atoms with E-state index in [9.17, 15) is 4.79 Å². The third-order valence-corrected chi connectivity index (χ3v) is 12.0. The van der Waals surface area contributed by atoms with E-state index in [2.05, 4.69) is 43.7 Å². The van der Waals surface area contributed by atoms with Crippen LogP contribution < -0.4 is 10.6 Å². The lowest BCUT2D eigenvalue weighted by Crippen LogP contribution is -2.56. The maximum absolute atomic E-state index is 12.1. The van der Waals surface area contributed by atoms with Crippen molar-refractivity contribution in [3.63, 3.8) is 0 Å². The molecule has 7 heteroatoms. The molecule has 0 radical (unpaired) electrons. The lowest BCUT2D eigenvalue weighted by atomic mass is 9.60. The van der Waals surface area contributed by atoms with Gasteiger partial charge in [-0.1, -0.05) is 32.4 Å². The monoisotopic (exact) mass is 395 g/mol. The first kappa shape index (κ1) is 18.5. The van der Waals surface area contributed by atoms with Crippen molar-refractivity contribution in [1.82, 2.24) is 9.55 Å². The quantitative estimate of drug-likeness (QED) is 0.559. The molecule has 0 N–H and O–H groups in total. The fourth-order valence-corrected chi connectivity index (χ4v) is 6.28. The minimum absolute atomic E-state index is 0.219. The molecule has 4 rings (SSSR count). The molecule has 3 aliphatic rings. The molecule has 144 valence electrons. The van der Waals surface area contributed by atoms with E-state index in [0.29, 0.717) is 22.7 Å². The Balaban J connectivity index is 1.42. The van der Waals surface area contributed by atoms with E-state index in [4.69, 9.17) is 16.0 Å². The molecule has 2 fully saturated rings. The van der Waals surface area contributed by atoms with Crippen LogP contribution in [0.2, 0.25) is 23.3 Å². The Kier molecular flexibility index (Phi) is 4.14. The van der Waals surface area contributed by atoms with Crippen molar-refractivity contribution in [3.8, 4) is 0 Å². The van der Waals surface area contributed by atoms with Gasteiger partial charge in [-0.2, -0.15) is 4.98 Å². The van der Waals surface area contributed by atoms with Crippen LogP contribution in [0.3, 0.4) is 0 Å². The summed E-state index contributed by atoms with van der Waals surface area (Å²) in [5.74, 6) is 0.947. The highest BCUT2D eigenvalue weighted by atomic mass is 35.5. The van der Waals surface area contributed by atoms with E-state index in [1.807, 2.05) is 6.07 Å². The van der Waals surface area contributed by atoms with Crippen LogP contribution in [-0.4, -0.2) is 36.6 Å². The summed E-state index contributed by atoms with van der Waals surface area (Å²) in [5.41, 5.74) is 0.181. The van der Waals surface area contributed by atoms with Crippen molar-refractivity contribution in [2.24, 2.45) is 5.41 Å². The maximum atomic E-state index is 12.1. The average molecular weight is 396 g/mol. The number of piperidine rings is 1. The Morgan fingerprint density at radius 3 is 2.65 bits per heavy atom. The predicted molar refractivity (Wildman–Crippen MR) is 108 cm³/mol. The Hall–Kier alpha value is -0.853. The van der Waals surface area contributed by atoms with Crippen LogP contribution in [0.15, 0.2) is 10.9 Å². The number of nitrogens with zero attached hydrogens (tertiary/aromatic N) is 3. The van der Waals surface area contributed by atoms with Crippen LogP contribution in [0.5, 0.6) is 0 Å². The number of aromatic nitrogens is 2. The standard InChI is InChI=1S/C19H30ClN3O2Si/c1-18(2,3)26(4,5)25-14-10-19(11-14)6-7-22-13(9-19)12-23-16(22)8-15(20)21-17(23)24/h8,13-14H,6-7,9-12H2,1-5H3. The number of anilines is 1. The number of hydrogen-bond acceptors (Lipinski definition) is 4.